The van der Waals surface area contributed by atoms with Crippen molar-refractivity contribution in [1.82, 2.24) is 9.78 Å². The molecule has 0 bridgehead atoms. The van der Waals surface area contributed by atoms with Crippen LogP contribution in [0.25, 0.3) is 0 Å². The normalized spacial score (nSPS) is 24.8. The predicted octanol–water partition coefficient (Wildman–Crippen LogP) is 2.79. The van der Waals surface area contributed by atoms with Crippen LogP contribution in [0.4, 0.5) is 0 Å². The number of hydrogen-bond donors (Lipinski definition) is 1. The van der Waals surface area contributed by atoms with Crippen LogP contribution >= 0.6 is 0 Å². The van der Waals surface area contributed by atoms with Crippen LogP contribution in [0.5, 0.6) is 0 Å². The molecule has 20 heavy (non-hydrogen) atoms. The van der Waals surface area contributed by atoms with Gasteiger partial charge in [-0.1, -0.05) is 30.3 Å². The van der Waals surface area contributed by atoms with Gasteiger partial charge in [-0.3, -0.25) is 4.68 Å². The Bertz CT molecular complexity index is 563. The number of aromatic nitrogens is 2. The van der Waals surface area contributed by atoms with Crippen LogP contribution in [0.15, 0.2) is 42.7 Å². The molecule has 2 atom stereocenters. The van der Waals surface area contributed by atoms with E-state index in [9.17, 15) is 5.11 Å². The molecule has 2 unspecified atom stereocenters. The summed E-state index contributed by atoms with van der Waals surface area (Å²) in [5, 5.41) is 13.9. The molecule has 1 aromatic heterocycles. The average Bonchev–Trinajstić information content (AvgIpc) is 3.05. The lowest BCUT2D eigenvalue weighted by Crippen LogP contribution is -2.13. The molecule has 2 aromatic rings. The van der Waals surface area contributed by atoms with Crippen LogP contribution < -0.4 is 0 Å². The van der Waals surface area contributed by atoms with Gasteiger partial charge in [0.2, 0.25) is 0 Å². The van der Waals surface area contributed by atoms with E-state index in [2.05, 4.69) is 48.6 Å². The summed E-state index contributed by atoms with van der Waals surface area (Å²) in [6.07, 6.45) is 7.34. The number of aliphatic hydroxyl groups excluding tert-OH is 1. The van der Waals surface area contributed by atoms with E-state index in [0.29, 0.717) is 12.5 Å². The van der Waals surface area contributed by atoms with Crippen molar-refractivity contribution in [2.75, 3.05) is 6.61 Å². The molecular weight excluding hydrogens is 248 g/mol. The lowest BCUT2D eigenvalue weighted by Gasteiger charge is -2.17. The maximum Gasteiger partial charge on any atom is 0.0521 e. The Morgan fingerprint density at radius 1 is 1.35 bits per heavy atom. The molecule has 0 spiro atoms. The summed E-state index contributed by atoms with van der Waals surface area (Å²) in [7, 11) is 0. The molecule has 1 aliphatic rings. The largest absolute Gasteiger partial charge is 0.396 e. The SMILES string of the molecule is CCn1cc(CCC2(c3ccccc3)CC2CO)cn1. The van der Waals surface area contributed by atoms with E-state index in [1.54, 1.807) is 0 Å². The first kappa shape index (κ1) is 13.4. The van der Waals surface area contributed by atoms with E-state index >= 15 is 0 Å². The third kappa shape index (κ3) is 2.38. The number of aliphatic hydroxyl groups is 1. The molecule has 1 N–H and O–H groups in total. The molecule has 0 saturated heterocycles. The summed E-state index contributed by atoms with van der Waals surface area (Å²) in [4.78, 5) is 0. The Labute approximate surface area is 120 Å². The summed E-state index contributed by atoms with van der Waals surface area (Å²) in [5.74, 6) is 0.422. The smallest absolute Gasteiger partial charge is 0.0521 e. The van der Waals surface area contributed by atoms with E-state index in [-0.39, 0.29) is 5.41 Å². The van der Waals surface area contributed by atoms with E-state index in [1.165, 1.54) is 11.1 Å². The van der Waals surface area contributed by atoms with Gasteiger partial charge in [0.05, 0.1) is 6.20 Å². The van der Waals surface area contributed by atoms with Crippen molar-refractivity contribution >= 4 is 0 Å². The average molecular weight is 270 g/mol. The van der Waals surface area contributed by atoms with Gasteiger partial charge in [-0.05, 0) is 43.2 Å². The maximum atomic E-state index is 9.53. The molecule has 1 fully saturated rings. The molecule has 3 nitrogen and oxygen atoms in total. The van der Waals surface area contributed by atoms with Gasteiger partial charge in [0.1, 0.15) is 0 Å². The summed E-state index contributed by atoms with van der Waals surface area (Å²) in [6, 6.07) is 10.6. The van der Waals surface area contributed by atoms with Crippen molar-refractivity contribution in [3.8, 4) is 0 Å². The zero-order valence-corrected chi connectivity index (χ0v) is 12.0. The fourth-order valence-corrected chi connectivity index (χ4v) is 3.27. The van der Waals surface area contributed by atoms with E-state index < -0.39 is 0 Å². The van der Waals surface area contributed by atoms with Crippen molar-refractivity contribution in [2.45, 2.75) is 38.1 Å². The minimum atomic E-state index is 0.185. The molecule has 1 aromatic carbocycles. The van der Waals surface area contributed by atoms with Crippen molar-refractivity contribution in [3.63, 3.8) is 0 Å². The Kier molecular flexibility index (Phi) is 3.62. The summed E-state index contributed by atoms with van der Waals surface area (Å²) in [5.41, 5.74) is 2.86. The van der Waals surface area contributed by atoms with Crippen molar-refractivity contribution in [1.29, 1.82) is 0 Å². The number of rotatable bonds is 6. The van der Waals surface area contributed by atoms with Crippen LogP contribution in [0.3, 0.4) is 0 Å². The van der Waals surface area contributed by atoms with E-state index in [0.717, 1.165) is 25.8 Å². The highest BCUT2D eigenvalue weighted by Crippen LogP contribution is 2.56. The topological polar surface area (TPSA) is 38.0 Å². The van der Waals surface area contributed by atoms with Gasteiger partial charge in [-0.2, -0.15) is 5.10 Å². The summed E-state index contributed by atoms with van der Waals surface area (Å²) < 4.78 is 1.97. The van der Waals surface area contributed by atoms with Crippen molar-refractivity contribution in [2.24, 2.45) is 5.92 Å². The van der Waals surface area contributed by atoms with Gasteiger partial charge >= 0.3 is 0 Å². The highest BCUT2D eigenvalue weighted by molar-refractivity contribution is 5.34. The summed E-state index contributed by atoms with van der Waals surface area (Å²) in [6.45, 7) is 3.32. The van der Waals surface area contributed by atoms with Gasteiger partial charge in [-0.25, -0.2) is 0 Å². The zero-order chi connectivity index (χ0) is 14.0. The third-order valence-electron chi connectivity index (χ3n) is 4.67. The Morgan fingerprint density at radius 3 is 2.75 bits per heavy atom. The van der Waals surface area contributed by atoms with Gasteiger partial charge in [-0.15, -0.1) is 0 Å². The Morgan fingerprint density at radius 2 is 2.15 bits per heavy atom. The zero-order valence-electron chi connectivity index (χ0n) is 12.0. The van der Waals surface area contributed by atoms with Crippen molar-refractivity contribution in [3.05, 3.63) is 53.9 Å². The van der Waals surface area contributed by atoms with E-state index in [1.807, 2.05) is 10.9 Å². The van der Waals surface area contributed by atoms with Gasteiger partial charge in [0.15, 0.2) is 0 Å². The van der Waals surface area contributed by atoms with Gasteiger partial charge < -0.3 is 5.11 Å². The number of benzene rings is 1. The second-order valence-electron chi connectivity index (χ2n) is 5.81. The van der Waals surface area contributed by atoms with Crippen LogP contribution in [-0.4, -0.2) is 21.5 Å². The lowest BCUT2D eigenvalue weighted by atomic mass is 9.87. The molecule has 0 aliphatic heterocycles. The lowest BCUT2D eigenvalue weighted by molar-refractivity contribution is 0.261. The second kappa shape index (κ2) is 5.41. The Balaban J connectivity index is 1.73. The van der Waals surface area contributed by atoms with Gasteiger partial charge in [0.25, 0.3) is 0 Å². The van der Waals surface area contributed by atoms with Crippen LogP contribution in [0, 0.1) is 5.92 Å². The fourth-order valence-electron chi connectivity index (χ4n) is 3.27. The Hall–Kier alpha value is -1.61. The number of nitrogens with zero attached hydrogens (tertiary/aromatic N) is 2. The van der Waals surface area contributed by atoms with Gasteiger partial charge in [0, 0.05) is 24.8 Å². The third-order valence-corrected chi connectivity index (χ3v) is 4.67. The predicted molar refractivity (Wildman–Crippen MR) is 79.5 cm³/mol. The molecule has 1 heterocycles. The molecule has 1 saturated carbocycles. The quantitative estimate of drug-likeness (QED) is 0.876. The minimum absolute atomic E-state index is 0.185. The standard InChI is InChI=1S/C17H22N2O/c1-2-19-12-14(11-18-19)8-9-17(10-16(17)13-20)15-6-4-3-5-7-15/h3-7,11-12,16,20H,2,8-10,13H2,1H3. The number of hydrogen-bond acceptors (Lipinski definition) is 2. The van der Waals surface area contributed by atoms with Crippen LogP contribution in [-0.2, 0) is 18.4 Å². The highest BCUT2D eigenvalue weighted by Gasteiger charge is 2.53. The highest BCUT2D eigenvalue weighted by atomic mass is 16.3. The number of aryl methyl sites for hydroxylation is 2. The van der Waals surface area contributed by atoms with E-state index in [4.69, 9.17) is 0 Å². The molecular formula is C17H22N2O. The fraction of sp³-hybridized carbons (Fsp3) is 0.471. The monoisotopic (exact) mass is 270 g/mol. The minimum Gasteiger partial charge on any atom is -0.396 e. The molecule has 106 valence electrons. The van der Waals surface area contributed by atoms with Crippen LogP contribution in [0.2, 0.25) is 0 Å². The van der Waals surface area contributed by atoms with Crippen molar-refractivity contribution < 1.29 is 5.11 Å². The molecule has 3 heteroatoms. The molecule has 1 aliphatic carbocycles. The summed E-state index contributed by atoms with van der Waals surface area (Å²) >= 11 is 0. The first-order valence-corrected chi connectivity index (χ1v) is 7.46. The molecule has 3 rings (SSSR count). The first-order chi connectivity index (χ1) is 9.78. The van der Waals surface area contributed by atoms with Crippen LogP contribution in [0.1, 0.15) is 30.9 Å². The maximum absolute atomic E-state index is 9.53. The molecule has 0 radical (unpaired) electrons. The molecule has 0 amide bonds. The second-order valence-corrected chi connectivity index (χ2v) is 5.81. The first-order valence-electron chi connectivity index (χ1n) is 7.46.